The van der Waals surface area contributed by atoms with Crippen LogP contribution < -0.4 is 4.84 Å². The van der Waals surface area contributed by atoms with Crippen molar-refractivity contribution in [2.45, 2.75) is 0 Å². The summed E-state index contributed by atoms with van der Waals surface area (Å²) in [5, 5.41) is 0. The summed E-state index contributed by atoms with van der Waals surface area (Å²) in [5.74, 6) is 0. The molecule has 3 heteroatoms. The molecule has 2 radical (unpaired) electrons. The third-order valence-corrected chi connectivity index (χ3v) is 1.10. The number of rotatable bonds is 1. The maximum absolute atomic E-state index is 5.28. The number of para-hydroxylation sites is 1. The second-order valence-corrected chi connectivity index (χ2v) is 1.65. The molecule has 0 amide bonds. The van der Waals surface area contributed by atoms with E-state index in [1.807, 2.05) is 30.3 Å². The summed E-state index contributed by atoms with van der Waals surface area (Å²) in [5.41, 5.74) is 0.925. The quantitative estimate of drug-likeness (QED) is 0.603. The Labute approximate surface area is 79.7 Å². The van der Waals surface area contributed by atoms with Gasteiger partial charge in [0.25, 0.3) is 0 Å². The molecule has 1 N–H and O–H groups in total. The number of halogens is 1. The van der Waals surface area contributed by atoms with Crippen molar-refractivity contribution >= 4 is 44.8 Å². The molecule has 1 aromatic rings. The average Bonchev–Trinajstić information content (AvgIpc) is 1.90. The zero-order valence-corrected chi connectivity index (χ0v) is 11.2. The second kappa shape index (κ2) is 5.05. The number of benzene rings is 1. The SMILES string of the molecule is ClNc1ccccc1.[PbH2]. The fraction of sp³-hybridized carbons (Fsp3) is 0. The summed E-state index contributed by atoms with van der Waals surface area (Å²) in [7, 11) is 0. The second-order valence-electron chi connectivity index (χ2n) is 1.46. The van der Waals surface area contributed by atoms with Crippen LogP contribution in [0.3, 0.4) is 0 Å². The Bertz CT molecular complexity index is 154. The van der Waals surface area contributed by atoms with E-state index in [-0.39, 0.29) is 27.3 Å². The van der Waals surface area contributed by atoms with Crippen molar-refractivity contribution in [3.05, 3.63) is 30.3 Å². The van der Waals surface area contributed by atoms with E-state index in [0.29, 0.717) is 0 Å². The summed E-state index contributed by atoms with van der Waals surface area (Å²) < 4.78 is 0. The zero-order chi connectivity index (χ0) is 5.82. The summed E-state index contributed by atoms with van der Waals surface area (Å²) in [6, 6.07) is 9.58. The molecule has 0 fully saturated rings. The van der Waals surface area contributed by atoms with Crippen LogP contribution in [0.25, 0.3) is 0 Å². The fourth-order valence-electron chi connectivity index (χ4n) is 0.501. The third kappa shape index (κ3) is 3.05. The Kier molecular flexibility index (Phi) is 5.18. The zero-order valence-electron chi connectivity index (χ0n) is 4.97. The van der Waals surface area contributed by atoms with E-state index >= 15 is 0 Å². The van der Waals surface area contributed by atoms with Crippen LogP contribution in [-0.2, 0) is 0 Å². The van der Waals surface area contributed by atoms with Crippen LogP contribution in [0.5, 0.6) is 0 Å². The van der Waals surface area contributed by atoms with E-state index in [0.717, 1.165) is 5.69 Å². The predicted octanol–water partition coefficient (Wildman–Crippen LogP) is 1.34. The molecule has 0 unspecified atom stereocenters. The summed E-state index contributed by atoms with van der Waals surface area (Å²) in [6.07, 6.45) is 0. The van der Waals surface area contributed by atoms with Crippen molar-refractivity contribution < 1.29 is 0 Å². The first-order chi connectivity index (χ1) is 3.93. The summed E-state index contributed by atoms with van der Waals surface area (Å²) in [4.78, 5) is 2.50. The van der Waals surface area contributed by atoms with Gasteiger partial charge in [0.1, 0.15) is 0 Å². The molecule has 0 aliphatic carbocycles. The first-order valence-electron chi connectivity index (χ1n) is 2.35. The molecule has 1 aromatic carbocycles. The van der Waals surface area contributed by atoms with Gasteiger partial charge in [-0.25, -0.2) is 0 Å². The van der Waals surface area contributed by atoms with Crippen molar-refractivity contribution in [2.75, 3.05) is 4.84 Å². The van der Waals surface area contributed by atoms with Crippen molar-refractivity contribution in [1.82, 2.24) is 0 Å². The Hall–Kier alpha value is 0.232. The van der Waals surface area contributed by atoms with Gasteiger partial charge in [0.15, 0.2) is 0 Å². The van der Waals surface area contributed by atoms with E-state index < -0.39 is 0 Å². The van der Waals surface area contributed by atoms with Gasteiger partial charge in [0.2, 0.25) is 0 Å². The summed E-state index contributed by atoms with van der Waals surface area (Å²) >= 11 is 5.28. The molecule has 0 heterocycles. The van der Waals surface area contributed by atoms with E-state index in [1.165, 1.54) is 0 Å². The Morgan fingerprint density at radius 3 is 2.00 bits per heavy atom. The normalized spacial score (nSPS) is 7.67. The van der Waals surface area contributed by atoms with Crippen molar-refractivity contribution in [3.63, 3.8) is 0 Å². The molecule has 0 spiro atoms. The van der Waals surface area contributed by atoms with Gasteiger partial charge < -0.3 is 0 Å². The first kappa shape index (κ1) is 9.23. The van der Waals surface area contributed by atoms with Crippen molar-refractivity contribution in [2.24, 2.45) is 0 Å². The van der Waals surface area contributed by atoms with Crippen LogP contribution in [0.2, 0.25) is 0 Å². The van der Waals surface area contributed by atoms with Crippen molar-refractivity contribution in [1.29, 1.82) is 0 Å². The van der Waals surface area contributed by atoms with Crippen LogP contribution in [0.15, 0.2) is 30.3 Å². The molecule has 0 saturated heterocycles. The van der Waals surface area contributed by atoms with E-state index in [2.05, 4.69) is 4.84 Å². The molecular weight excluding hydrogens is 329 g/mol. The van der Waals surface area contributed by atoms with E-state index in [1.54, 1.807) is 0 Å². The number of anilines is 1. The van der Waals surface area contributed by atoms with Gasteiger partial charge in [-0.2, -0.15) is 0 Å². The number of nitrogens with one attached hydrogen (secondary N) is 1. The first-order valence-corrected chi connectivity index (χ1v) is 2.73. The van der Waals surface area contributed by atoms with Crippen LogP contribution in [0, 0.1) is 0 Å². The van der Waals surface area contributed by atoms with Crippen LogP contribution in [0.4, 0.5) is 5.69 Å². The molecule has 0 aliphatic rings. The van der Waals surface area contributed by atoms with Crippen LogP contribution in [-0.4, -0.2) is 27.3 Å². The van der Waals surface area contributed by atoms with Gasteiger partial charge in [-0.3, -0.25) is 4.84 Å². The summed E-state index contributed by atoms with van der Waals surface area (Å²) in [6.45, 7) is 0. The molecule has 0 aromatic heterocycles. The van der Waals surface area contributed by atoms with Crippen LogP contribution >= 0.6 is 11.8 Å². The van der Waals surface area contributed by atoms with Crippen LogP contribution in [0.1, 0.15) is 0 Å². The Morgan fingerprint density at radius 1 is 1.11 bits per heavy atom. The minimum absolute atomic E-state index is 0. The average molecular weight is 337 g/mol. The van der Waals surface area contributed by atoms with Gasteiger partial charge in [-0.1, -0.05) is 18.2 Å². The molecule has 0 aliphatic heterocycles. The molecule has 0 saturated carbocycles. The van der Waals surface area contributed by atoms with E-state index in [9.17, 15) is 0 Å². The number of hydrogen-bond acceptors (Lipinski definition) is 1. The van der Waals surface area contributed by atoms with Gasteiger partial charge >= 0.3 is 27.3 Å². The molecule has 0 bridgehead atoms. The van der Waals surface area contributed by atoms with Gasteiger partial charge in [0, 0.05) is 17.5 Å². The minimum atomic E-state index is 0. The molecule has 1 nitrogen and oxygen atoms in total. The monoisotopic (exact) mass is 337 g/mol. The van der Waals surface area contributed by atoms with Crippen molar-refractivity contribution in [3.8, 4) is 0 Å². The van der Waals surface area contributed by atoms with Gasteiger partial charge in [0.05, 0.1) is 0 Å². The van der Waals surface area contributed by atoms with Gasteiger partial charge in [-0.05, 0) is 12.1 Å². The maximum atomic E-state index is 5.28. The molecule has 1 rings (SSSR count). The predicted molar refractivity (Wildman–Crippen MR) is 44.5 cm³/mol. The van der Waals surface area contributed by atoms with E-state index in [4.69, 9.17) is 11.8 Å². The topological polar surface area (TPSA) is 12.0 Å². The number of hydrogen-bond donors (Lipinski definition) is 1. The standard InChI is InChI=1S/C6H6ClN.Pb.2H/c7-8-6-4-2-1-3-5-6;;;/h1-5,8H;;;. The Balaban J connectivity index is 0.000000640. The molecule has 0 atom stereocenters. The molecule has 9 heavy (non-hydrogen) atoms. The Morgan fingerprint density at radius 2 is 1.67 bits per heavy atom. The molecular formula is C6H8ClNPb. The third-order valence-electron chi connectivity index (χ3n) is 0.883. The molecule has 48 valence electrons. The van der Waals surface area contributed by atoms with Gasteiger partial charge in [-0.15, -0.1) is 0 Å². The fourth-order valence-corrected chi connectivity index (χ4v) is 0.627.